The Labute approximate surface area is 101 Å². The van der Waals surface area contributed by atoms with E-state index >= 15 is 0 Å². The Bertz CT molecular complexity index is 252. The number of hydrogen-bond acceptors (Lipinski definition) is 2. The summed E-state index contributed by atoms with van der Waals surface area (Å²) in [5.41, 5.74) is -0.172. The van der Waals surface area contributed by atoms with Crippen LogP contribution in [0.2, 0.25) is 0 Å². The van der Waals surface area contributed by atoms with Crippen LogP contribution in [0.15, 0.2) is 0 Å². The average Bonchev–Trinajstić information content (AvgIpc) is 2.26. The van der Waals surface area contributed by atoms with E-state index in [1.807, 2.05) is 13.8 Å². The summed E-state index contributed by atoms with van der Waals surface area (Å²) in [4.78, 5) is 2.47. The predicted octanol–water partition coefficient (Wildman–Crippen LogP) is 3.44. The summed E-state index contributed by atoms with van der Waals surface area (Å²) in [6, 6.07) is 3.13. The molecule has 0 radical (unpaired) electrons. The van der Waals surface area contributed by atoms with Gasteiger partial charge in [-0.25, -0.2) is 0 Å². The molecule has 1 aliphatic carbocycles. The number of nitrogens with zero attached hydrogens (tertiary/aromatic N) is 2. The van der Waals surface area contributed by atoms with Crippen LogP contribution < -0.4 is 0 Å². The molecule has 1 fully saturated rings. The van der Waals surface area contributed by atoms with Crippen LogP contribution >= 0.6 is 0 Å². The van der Waals surface area contributed by atoms with Crippen molar-refractivity contribution in [3.05, 3.63) is 0 Å². The summed E-state index contributed by atoms with van der Waals surface area (Å²) in [5.74, 6) is 0.880. The van der Waals surface area contributed by atoms with E-state index in [2.05, 4.69) is 24.9 Å². The zero-order valence-electron chi connectivity index (χ0n) is 11.3. The summed E-state index contributed by atoms with van der Waals surface area (Å²) in [5, 5.41) is 8.99. The lowest BCUT2D eigenvalue weighted by atomic mass is 9.85. The zero-order valence-corrected chi connectivity index (χ0v) is 11.3. The molecule has 0 amide bonds. The van der Waals surface area contributed by atoms with E-state index in [0.717, 1.165) is 24.9 Å². The molecular weight excluding hydrogens is 196 g/mol. The quantitative estimate of drug-likeness (QED) is 0.728. The summed E-state index contributed by atoms with van der Waals surface area (Å²) >= 11 is 0. The molecule has 0 aromatic heterocycles. The summed E-state index contributed by atoms with van der Waals surface area (Å²) in [7, 11) is 2.22. The molecule has 2 atom stereocenters. The normalized spacial score (nSPS) is 26.8. The topological polar surface area (TPSA) is 27.0 Å². The van der Waals surface area contributed by atoms with Crippen molar-refractivity contribution in [2.45, 2.75) is 58.9 Å². The third kappa shape index (κ3) is 4.14. The fourth-order valence-electron chi connectivity index (χ4n) is 2.50. The minimum absolute atomic E-state index is 0.172. The predicted molar refractivity (Wildman–Crippen MR) is 68.1 cm³/mol. The molecule has 0 aliphatic heterocycles. The molecule has 1 aliphatic rings. The standard InChI is InChI=1S/C14H26N2/c1-12-6-5-7-13(10-12)16(4)9-8-14(2,3)11-15/h12-13H,5-10H2,1-4H3. The van der Waals surface area contributed by atoms with Crippen molar-refractivity contribution in [2.75, 3.05) is 13.6 Å². The van der Waals surface area contributed by atoms with E-state index in [9.17, 15) is 0 Å². The first-order valence-corrected chi connectivity index (χ1v) is 6.56. The van der Waals surface area contributed by atoms with Gasteiger partial charge in [0.1, 0.15) is 0 Å². The van der Waals surface area contributed by atoms with Crippen molar-refractivity contribution in [3.8, 4) is 6.07 Å². The smallest absolute Gasteiger partial charge is 0.0684 e. The van der Waals surface area contributed by atoms with Crippen LogP contribution in [0.3, 0.4) is 0 Å². The molecule has 0 N–H and O–H groups in total. The van der Waals surface area contributed by atoms with Gasteiger partial charge in [-0.15, -0.1) is 0 Å². The second-order valence-electron chi connectivity index (χ2n) is 6.15. The molecule has 0 spiro atoms. The van der Waals surface area contributed by atoms with Crippen LogP contribution in [0.1, 0.15) is 52.9 Å². The lowest BCUT2D eigenvalue weighted by Crippen LogP contribution is -2.37. The third-order valence-electron chi connectivity index (χ3n) is 3.92. The first-order chi connectivity index (χ1) is 7.44. The van der Waals surface area contributed by atoms with Crippen molar-refractivity contribution < 1.29 is 0 Å². The fraction of sp³-hybridized carbons (Fsp3) is 0.929. The van der Waals surface area contributed by atoms with Crippen molar-refractivity contribution in [1.29, 1.82) is 5.26 Å². The minimum Gasteiger partial charge on any atom is -0.303 e. The molecule has 16 heavy (non-hydrogen) atoms. The minimum atomic E-state index is -0.172. The monoisotopic (exact) mass is 222 g/mol. The summed E-state index contributed by atoms with van der Waals surface area (Å²) in [6.45, 7) is 7.48. The molecule has 2 heteroatoms. The molecule has 0 aromatic carbocycles. The van der Waals surface area contributed by atoms with Crippen molar-refractivity contribution in [3.63, 3.8) is 0 Å². The molecule has 2 nitrogen and oxygen atoms in total. The van der Waals surface area contributed by atoms with Gasteiger partial charge in [0.15, 0.2) is 0 Å². The van der Waals surface area contributed by atoms with Gasteiger partial charge in [-0.2, -0.15) is 5.26 Å². The Morgan fingerprint density at radius 2 is 2.06 bits per heavy atom. The highest BCUT2D eigenvalue weighted by molar-refractivity contribution is 4.92. The van der Waals surface area contributed by atoms with Crippen LogP contribution in [0, 0.1) is 22.7 Å². The van der Waals surface area contributed by atoms with Crippen LogP contribution in [0.25, 0.3) is 0 Å². The van der Waals surface area contributed by atoms with Gasteiger partial charge in [0.2, 0.25) is 0 Å². The van der Waals surface area contributed by atoms with E-state index < -0.39 is 0 Å². The average molecular weight is 222 g/mol. The summed E-state index contributed by atoms with van der Waals surface area (Å²) in [6.07, 6.45) is 6.42. The lowest BCUT2D eigenvalue weighted by Gasteiger charge is -2.35. The van der Waals surface area contributed by atoms with Gasteiger partial charge in [-0.1, -0.05) is 19.8 Å². The van der Waals surface area contributed by atoms with E-state index in [1.54, 1.807) is 0 Å². The molecule has 0 aromatic rings. The number of hydrogen-bond donors (Lipinski definition) is 0. The Morgan fingerprint density at radius 1 is 1.38 bits per heavy atom. The molecule has 0 saturated heterocycles. The van der Waals surface area contributed by atoms with Gasteiger partial charge in [0.05, 0.1) is 11.5 Å². The second kappa shape index (κ2) is 5.68. The number of nitriles is 1. The van der Waals surface area contributed by atoms with Gasteiger partial charge in [0.25, 0.3) is 0 Å². The molecule has 0 heterocycles. The molecule has 2 unspecified atom stereocenters. The molecule has 92 valence electrons. The molecular formula is C14H26N2. The lowest BCUT2D eigenvalue weighted by molar-refractivity contribution is 0.152. The largest absolute Gasteiger partial charge is 0.303 e. The SMILES string of the molecule is CC1CCCC(N(C)CCC(C)(C)C#N)C1. The van der Waals surface area contributed by atoms with Gasteiger partial charge < -0.3 is 4.90 Å². The Kier molecular flexibility index (Phi) is 4.80. The van der Waals surface area contributed by atoms with Crippen molar-refractivity contribution in [2.24, 2.45) is 11.3 Å². The molecule has 0 bridgehead atoms. The van der Waals surface area contributed by atoms with E-state index in [1.165, 1.54) is 25.7 Å². The van der Waals surface area contributed by atoms with Crippen LogP contribution in [0.4, 0.5) is 0 Å². The Morgan fingerprint density at radius 3 is 2.62 bits per heavy atom. The highest BCUT2D eigenvalue weighted by Crippen LogP contribution is 2.27. The maximum absolute atomic E-state index is 8.99. The van der Waals surface area contributed by atoms with E-state index in [0.29, 0.717) is 0 Å². The van der Waals surface area contributed by atoms with Gasteiger partial charge in [0, 0.05) is 6.04 Å². The van der Waals surface area contributed by atoms with E-state index in [4.69, 9.17) is 5.26 Å². The molecule has 1 saturated carbocycles. The van der Waals surface area contributed by atoms with Crippen LogP contribution in [0.5, 0.6) is 0 Å². The van der Waals surface area contributed by atoms with Gasteiger partial charge in [-0.3, -0.25) is 0 Å². The zero-order chi connectivity index (χ0) is 12.2. The van der Waals surface area contributed by atoms with Crippen molar-refractivity contribution >= 4 is 0 Å². The maximum atomic E-state index is 8.99. The van der Waals surface area contributed by atoms with E-state index in [-0.39, 0.29) is 5.41 Å². The van der Waals surface area contributed by atoms with Gasteiger partial charge in [-0.05, 0) is 52.6 Å². The van der Waals surface area contributed by atoms with Crippen LogP contribution in [-0.4, -0.2) is 24.5 Å². The fourth-order valence-corrected chi connectivity index (χ4v) is 2.50. The summed E-state index contributed by atoms with van der Waals surface area (Å²) < 4.78 is 0. The van der Waals surface area contributed by atoms with Crippen molar-refractivity contribution in [1.82, 2.24) is 4.90 Å². The second-order valence-corrected chi connectivity index (χ2v) is 6.15. The highest BCUT2D eigenvalue weighted by Gasteiger charge is 2.24. The first kappa shape index (κ1) is 13.5. The Balaban J connectivity index is 2.35. The molecule has 1 rings (SSSR count). The Hall–Kier alpha value is -0.550. The maximum Gasteiger partial charge on any atom is 0.0684 e. The third-order valence-corrected chi connectivity index (χ3v) is 3.92. The number of rotatable bonds is 4. The first-order valence-electron chi connectivity index (χ1n) is 6.56. The van der Waals surface area contributed by atoms with Crippen LogP contribution in [-0.2, 0) is 0 Å². The highest BCUT2D eigenvalue weighted by atomic mass is 15.1. The van der Waals surface area contributed by atoms with Gasteiger partial charge >= 0.3 is 0 Å².